The standard InChI is InChI=1S/C48H14F26/c1-5-6-10-17(18-34(60)40(66)46(72)41(67)35(18)61)29(55)24(50)14(23(10)49)7(2)11-12(8(3)15-25(51)30(56)19(31(57)26(15)52)21-36(62)42(68)47(73)43(69)37(21)63)13(11)9(4)16-27(53)32(58)20(33(59)28(16)54)22-38(64)44(70)48(74)45(71)39(22)65/h5H,1,6H2,2-4H3. The zero-order valence-electron chi connectivity index (χ0n) is 35.8. The first-order valence-corrected chi connectivity index (χ1v) is 19.6. The number of rotatable bonds is 8. The third-order valence-corrected chi connectivity index (χ3v) is 11.6. The molecule has 26 heteroatoms. The zero-order chi connectivity index (χ0) is 55.7. The molecule has 1 aliphatic carbocycles. The van der Waals surface area contributed by atoms with E-state index in [0.717, 1.165) is 0 Å². The molecule has 0 heterocycles. The zero-order valence-corrected chi connectivity index (χ0v) is 35.8. The molecule has 0 amide bonds. The van der Waals surface area contributed by atoms with E-state index in [2.05, 4.69) is 6.58 Å². The number of hydrogen-bond acceptors (Lipinski definition) is 0. The Morgan fingerprint density at radius 3 is 0.622 bits per heavy atom. The van der Waals surface area contributed by atoms with Gasteiger partial charge in [-0.3, -0.25) is 0 Å². The molecule has 0 unspecified atom stereocenters. The summed E-state index contributed by atoms with van der Waals surface area (Å²) in [5.74, 6) is -75.0. The van der Waals surface area contributed by atoms with Crippen LogP contribution in [0.15, 0.2) is 29.4 Å². The van der Waals surface area contributed by atoms with Crippen molar-refractivity contribution in [2.75, 3.05) is 0 Å². The van der Waals surface area contributed by atoms with Crippen LogP contribution in [0, 0.1) is 151 Å². The van der Waals surface area contributed by atoms with Crippen molar-refractivity contribution in [2.45, 2.75) is 27.2 Å². The van der Waals surface area contributed by atoms with E-state index in [1.54, 1.807) is 0 Å². The van der Waals surface area contributed by atoms with Crippen molar-refractivity contribution < 1.29 is 114 Å². The van der Waals surface area contributed by atoms with Gasteiger partial charge in [-0.1, -0.05) is 6.08 Å². The minimum absolute atomic E-state index is 0.338. The van der Waals surface area contributed by atoms with Gasteiger partial charge in [-0.25, -0.2) is 114 Å². The lowest BCUT2D eigenvalue weighted by Crippen LogP contribution is -2.11. The molecule has 6 aromatic rings. The molecule has 388 valence electrons. The highest BCUT2D eigenvalue weighted by molar-refractivity contribution is 6.06. The maximum atomic E-state index is 16.8. The van der Waals surface area contributed by atoms with Gasteiger partial charge in [0, 0.05) is 11.1 Å². The summed E-state index contributed by atoms with van der Waals surface area (Å²) < 4.78 is 392. The molecule has 0 atom stereocenters. The molecule has 0 aromatic heterocycles. The number of halogens is 26. The molecule has 74 heavy (non-hydrogen) atoms. The second kappa shape index (κ2) is 18.7. The fourth-order valence-electron chi connectivity index (χ4n) is 8.16. The van der Waals surface area contributed by atoms with E-state index in [-0.39, 0.29) is 0 Å². The Bertz CT molecular complexity index is 3380. The third kappa shape index (κ3) is 7.55. The highest BCUT2D eigenvalue weighted by Crippen LogP contribution is 2.58. The van der Waals surface area contributed by atoms with Gasteiger partial charge in [-0.2, -0.15) is 0 Å². The summed E-state index contributed by atoms with van der Waals surface area (Å²) >= 11 is 0. The van der Waals surface area contributed by atoms with E-state index < -0.39 is 247 Å². The highest BCUT2D eigenvalue weighted by Gasteiger charge is 2.45. The van der Waals surface area contributed by atoms with Gasteiger partial charge in [0.2, 0.25) is 17.5 Å². The highest BCUT2D eigenvalue weighted by atomic mass is 19.2. The molecule has 1 aliphatic rings. The SMILES string of the molecule is C=CCc1c(F)c(C(C)=C2C(=C(C)c3c(F)c(F)c(-c4c(F)c(F)c(F)c(F)c4F)c(F)c3F)C2=C(C)c2c(F)c(F)c(-c3c(F)c(F)c(F)c(F)c3F)c(F)c2F)c(F)c(F)c1-c1c(F)c(F)c(F)c(F)c1F. The number of allylic oxidation sites excluding steroid dienone is 7. The van der Waals surface area contributed by atoms with Crippen LogP contribution in [0.25, 0.3) is 50.1 Å². The van der Waals surface area contributed by atoms with Crippen molar-refractivity contribution in [3.05, 3.63) is 203 Å². The molecule has 0 nitrogen and oxygen atoms in total. The first-order chi connectivity index (χ1) is 34.4. The Hall–Kier alpha value is -7.54. The van der Waals surface area contributed by atoms with Crippen LogP contribution in [0.2, 0.25) is 0 Å². The van der Waals surface area contributed by atoms with Gasteiger partial charge in [0.05, 0.1) is 44.5 Å². The average molecular weight is 1080 g/mol. The van der Waals surface area contributed by atoms with E-state index in [4.69, 9.17) is 0 Å². The van der Waals surface area contributed by atoms with Crippen LogP contribution in [0.3, 0.4) is 0 Å². The van der Waals surface area contributed by atoms with E-state index >= 15 is 57.1 Å². The van der Waals surface area contributed by atoms with Gasteiger partial charge in [0.15, 0.2) is 128 Å². The quantitative estimate of drug-likeness (QED) is 0.0617. The lowest BCUT2D eigenvalue weighted by atomic mass is 9.90. The Labute approximate surface area is 394 Å². The van der Waals surface area contributed by atoms with E-state index in [9.17, 15) is 57.1 Å². The smallest absolute Gasteiger partial charge is 0.200 e. The summed E-state index contributed by atoms with van der Waals surface area (Å²) in [6.45, 7) is 4.24. The van der Waals surface area contributed by atoms with Crippen LogP contribution in [0.1, 0.15) is 43.0 Å². The predicted molar refractivity (Wildman–Crippen MR) is 206 cm³/mol. The van der Waals surface area contributed by atoms with Crippen LogP contribution in [0.4, 0.5) is 114 Å². The van der Waals surface area contributed by atoms with Crippen molar-refractivity contribution in [3.63, 3.8) is 0 Å². The Morgan fingerprint density at radius 1 is 0.243 bits per heavy atom. The summed E-state index contributed by atoms with van der Waals surface area (Å²) in [7, 11) is 0. The van der Waals surface area contributed by atoms with Crippen LogP contribution in [-0.4, -0.2) is 0 Å². The fraction of sp³-hybridized carbons (Fsp3) is 0.0833. The maximum Gasteiger partial charge on any atom is 0.200 e. The molecular weight excluding hydrogens is 1070 g/mol. The van der Waals surface area contributed by atoms with Gasteiger partial charge in [0.1, 0.15) is 5.82 Å². The average Bonchev–Trinajstić information content (AvgIpc) is 4.12. The summed E-state index contributed by atoms with van der Waals surface area (Å²) in [5.41, 5.74) is -30.5. The maximum absolute atomic E-state index is 16.8. The van der Waals surface area contributed by atoms with Crippen LogP contribution < -0.4 is 0 Å². The molecule has 0 saturated heterocycles. The molecule has 1 fully saturated rings. The van der Waals surface area contributed by atoms with Gasteiger partial charge < -0.3 is 0 Å². The third-order valence-electron chi connectivity index (χ3n) is 11.6. The van der Waals surface area contributed by atoms with Gasteiger partial charge in [0.25, 0.3) is 0 Å². The monoisotopic (exact) mass is 1080 g/mol. The molecule has 1 saturated carbocycles. The van der Waals surface area contributed by atoms with Crippen molar-refractivity contribution >= 4 is 16.7 Å². The first kappa shape index (κ1) is 54.2. The fourth-order valence-corrected chi connectivity index (χ4v) is 8.16. The van der Waals surface area contributed by atoms with Crippen LogP contribution in [0.5, 0.6) is 0 Å². The molecule has 0 N–H and O–H groups in total. The predicted octanol–water partition coefficient (Wildman–Crippen LogP) is 16.8. The lowest BCUT2D eigenvalue weighted by Gasteiger charge is -2.18. The van der Waals surface area contributed by atoms with Gasteiger partial charge in [-0.05, 0) is 60.6 Å². The van der Waals surface area contributed by atoms with Crippen molar-refractivity contribution in [1.82, 2.24) is 0 Å². The Kier molecular flexibility index (Phi) is 13.7. The van der Waals surface area contributed by atoms with Gasteiger partial charge in [-0.15, -0.1) is 6.58 Å². The summed E-state index contributed by atoms with van der Waals surface area (Å²) in [6, 6.07) is 0. The molecular formula is C48H14F26. The largest absolute Gasteiger partial charge is 0.206 e. The first-order valence-electron chi connectivity index (χ1n) is 19.6. The second-order valence-corrected chi connectivity index (χ2v) is 15.5. The molecule has 0 radical (unpaired) electrons. The van der Waals surface area contributed by atoms with Gasteiger partial charge >= 0.3 is 0 Å². The topological polar surface area (TPSA) is 0 Å². The Morgan fingerprint density at radius 2 is 0.405 bits per heavy atom. The summed E-state index contributed by atoms with van der Waals surface area (Å²) in [4.78, 5) is 0. The molecule has 6 aromatic carbocycles. The van der Waals surface area contributed by atoms with Crippen molar-refractivity contribution in [3.8, 4) is 33.4 Å². The minimum atomic E-state index is -2.99. The Balaban J connectivity index is 1.63. The summed E-state index contributed by atoms with van der Waals surface area (Å²) in [5, 5.41) is 0. The molecule has 0 bridgehead atoms. The van der Waals surface area contributed by atoms with E-state index in [1.165, 1.54) is 0 Å². The van der Waals surface area contributed by atoms with Crippen molar-refractivity contribution in [1.29, 1.82) is 0 Å². The molecule has 0 spiro atoms. The van der Waals surface area contributed by atoms with E-state index in [1.807, 2.05) is 0 Å². The van der Waals surface area contributed by atoms with Crippen molar-refractivity contribution in [2.24, 2.45) is 0 Å². The minimum Gasteiger partial charge on any atom is -0.206 e. The molecule has 0 aliphatic heterocycles. The number of benzene rings is 6. The van der Waals surface area contributed by atoms with Crippen LogP contribution in [-0.2, 0) is 6.42 Å². The van der Waals surface area contributed by atoms with E-state index in [0.29, 0.717) is 26.8 Å². The number of hydrogen-bond donors (Lipinski definition) is 0. The normalized spacial score (nSPS) is 13.9. The molecule has 7 rings (SSSR count). The summed E-state index contributed by atoms with van der Waals surface area (Å²) in [6.07, 6.45) is -0.680. The lowest BCUT2D eigenvalue weighted by molar-refractivity contribution is 0.379. The van der Waals surface area contributed by atoms with Crippen LogP contribution >= 0.6 is 0 Å². The second-order valence-electron chi connectivity index (χ2n) is 15.5.